The lowest BCUT2D eigenvalue weighted by atomic mass is 10.1. The highest BCUT2D eigenvalue weighted by Gasteiger charge is 2.02. The summed E-state index contributed by atoms with van der Waals surface area (Å²) in [5.41, 5.74) is 2.96. The maximum Gasteiger partial charge on any atom is 0.269 e. The van der Waals surface area contributed by atoms with Gasteiger partial charge in [-0.1, -0.05) is 29.8 Å². The van der Waals surface area contributed by atoms with E-state index in [2.05, 4.69) is 4.98 Å². The summed E-state index contributed by atoms with van der Waals surface area (Å²) in [5, 5.41) is 0. The zero-order valence-corrected chi connectivity index (χ0v) is 8.77. The average Bonchev–Trinajstić information content (AvgIpc) is 2.24. The number of rotatable bonds is 1. The Kier molecular flexibility index (Phi) is 2.37. The quantitative estimate of drug-likeness (QED) is 0.703. The molecule has 0 amide bonds. The monoisotopic (exact) mass is 200 g/mol. The third kappa shape index (κ3) is 1.81. The molecule has 3 nitrogen and oxygen atoms in total. The molecule has 1 aromatic carbocycles. The lowest BCUT2D eigenvalue weighted by Crippen LogP contribution is -2.17. The molecule has 0 unspecified atom stereocenters. The van der Waals surface area contributed by atoms with Gasteiger partial charge in [0.05, 0.1) is 18.1 Å². The van der Waals surface area contributed by atoms with Crippen LogP contribution in [-0.2, 0) is 7.05 Å². The molecular weight excluding hydrogens is 188 g/mol. The first-order chi connectivity index (χ1) is 7.18. The zero-order valence-electron chi connectivity index (χ0n) is 8.77. The molecule has 0 spiro atoms. The van der Waals surface area contributed by atoms with Crippen LogP contribution in [0.5, 0.6) is 0 Å². The van der Waals surface area contributed by atoms with Crippen LogP contribution < -0.4 is 5.56 Å². The molecule has 3 heteroatoms. The largest absolute Gasteiger partial charge is 0.309 e. The Bertz CT molecular complexity index is 526. The minimum absolute atomic E-state index is 0.0897. The summed E-state index contributed by atoms with van der Waals surface area (Å²) in [6, 6.07) is 8.02. The molecule has 0 saturated heterocycles. The summed E-state index contributed by atoms with van der Waals surface area (Å²) in [5.74, 6) is 0. The Balaban J connectivity index is 2.59. The Morgan fingerprint density at radius 2 is 1.80 bits per heavy atom. The van der Waals surface area contributed by atoms with Crippen LogP contribution in [0.1, 0.15) is 5.56 Å². The first-order valence-corrected chi connectivity index (χ1v) is 4.76. The van der Waals surface area contributed by atoms with Crippen molar-refractivity contribution in [1.82, 2.24) is 9.55 Å². The summed E-state index contributed by atoms with van der Waals surface area (Å²) >= 11 is 0. The van der Waals surface area contributed by atoms with Crippen molar-refractivity contribution in [1.29, 1.82) is 0 Å². The highest BCUT2D eigenvalue weighted by Crippen LogP contribution is 2.16. The minimum Gasteiger partial charge on any atom is -0.309 e. The Morgan fingerprint density at radius 3 is 2.47 bits per heavy atom. The van der Waals surface area contributed by atoms with Gasteiger partial charge in [0.15, 0.2) is 0 Å². The van der Waals surface area contributed by atoms with Crippen molar-refractivity contribution >= 4 is 0 Å². The van der Waals surface area contributed by atoms with Gasteiger partial charge < -0.3 is 4.57 Å². The topological polar surface area (TPSA) is 34.9 Å². The van der Waals surface area contributed by atoms with E-state index in [0.29, 0.717) is 0 Å². The van der Waals surface area contributed by atoms with E-state index >= 15 is 0 Å². The van der Waals surface area contributed by atoms with Gasteiger partial charge in [-0.05, 0) is 12.5 Å². The van der Waals surface area contributed by atoms with Crippen LogP contribution in [0.3, 0.4) is 0 Å². The standard InChI is InChI=1S/C12H12N2O/c1-9-3-5-10(6-4-9)11-7-13-8-12(15)14(11)2/h3-8H,1-2H3. The average molecular weight is 200 g/mol. The first kappa shape index (κ1) is 9.65. The molecule has 0 saturated carbocycles. The fourth-order valence-electron chi connectivity index (χ4n) is 1.46. The predicted molar refractivity (Wildman–Crippen MR) is 59.7 cm³/mol. The molecule has 0 aliphatic carbocycles. The molecule has 0 bridgehead atoms. The van der Waals surface area contributed by atoms with Gasteiger partial charge in [0.25, 0.3) is 5.56 Å². The molecule has 0 fully saturated rings. The highest BCUT2D eigenvalue weighted by atomic mass is 16.1. The molecular formula is C12H12N2O. The summed E-state index contributed by atoms with van der Waals surface area (Å²) in [4.78, 5) is 15.3. The Hall–Kier alpha value is -1.90. The number of nitrogens with zero attached hydrogens (tertiary/aromatic N) is 2. The van der Waals surface area contributed by atoms with Gasteiger partial charge in [-0.2, -0.15) is 0 Å². The van der Waals surface area contributed by atoms with Crippen LogP contribution in [0, 0.1) is 6.92 Å². The molecule has 0 aliphatic heterocycles. The van der Waals surface area contributed by atoms with Crippen molar-refractivity contribution < 1.29 is 0 Å². The van der Waals surface area contributed by atoms with E-state index in [1.165, 1.54) is 11.8 Å². The molecule has 76 valence electrons. The van der Waals surface area contributed by atoms with Gasteiger partial charge in [0.1, 0.15) is 0 Å². The fourth-order valence-corrected chi connectivity index (χ4v) is 1.46. The predicted octanol–water partition coefficient (Wildman–Crippen LogP) is 1.76. The summed E-state index contributed by atoms with van der Waals surface area (Å²) < 4.78 is 1.59. The number of aromatic nitrogens is 2. The molecule has 0 atom stereocenters. The highest BCUT2D eigenvalue weighted by molar-refractivity contribution is 5.58. The second-order valence-corrected chi connectivity index (χ2v) is 3.56. The van der Waals surface area contributed by atoms with Crippen molar-refractivity contribution in [2.24, 2.45) is 7.05 Å². The van der Waals surface area contributed by atoms with E-state index in [0.717, 1.165) is 11.3 Å². The van der Waals surface area contributed by atoms with Crippen LogP contribution in [0.2, 0.25) is 0 Å². The molecule has 0 N–H and O–H groups in total. The van der Waals surface area contributed by atoms with Crippen molar-refractivity contribution in [3.63, 3.8) is 0 Å². The van der Waals surface area contributed by atoms with Crippen molar-refractivity contribution in [3.8, 4) is 11.3 Å². The Labute approximate surface area is 88.0 Å². The van der Waals surface area contributed by atoms with Crippen molar-refractivity contribution in [2.75, 3.05) is 0 Å². The molecule has 2 aromatic rings. The summed E-state index contributed by atoms with van der Waals surface area (Å²) in [6.45, 7) is 2.03. The van der Waals surface area contributed by atoms with Gasteiger partial charge >= 0.3 is 0 Å². The van der Waals surface area contributed by atoms with E-state index < -0.39 is 0 Å². The van der Waals surface area contributed by atoms with Crippen LogP contribution in [-0.4, -0.2) is 9.55 Å². The molecule has 2 rings (SSSR count). The first-order valence-electron chi connectivity index (χ1n) is 4.76. The second-order valence-electron chi connectivity index (χ2n) is 3.56. The van der Waals surface area contributed by atoms with Gasteiger partial charge in [0, 0.05) is 7.05 Å². The molecule has 1 aromatic heterocycles. The molecule has 15 heavy (non-hydrogen) atoms. The molecule has 0 aliphatic rings. The van der Waals surface area contributed by atoms with E-state index in [-0.39, 0.29) is 5.56 Å². The summed E-state index contributed by atoms with van der Waals surface area (Å²) in [6.07, 6.45) is 3.02. The minimum atomic E-state index is -0.0897. The maximum absolute atomic E-state index is 11.4. The fraction of sp³-hybridized carbons (Fsp3) is 0.167. The van der Waals surface area contributed by atoms with Gasteiger partial charge in [-0.3, -0.25) is 9.78 Å². The van der Waals surface area contributed by atoms with Crippen LogP contribution in [0.15, 0.2) is 41.5 Å². The van der Waals surface area contributed by atoms with E-state index in [1.807, 2.05) is 31.2 Å². The second kappa shape index (κ2) is 3.69. The normalized spacial score (nSPS) is 10.3. The van der Waals surface area contributed by atoms with Gasteiger partial charge in [-0.15, -0.1) is 0 Å². The number of benzene rings is 1. The number of aryl methyl sites for hydroxylation is 1. The van der Waals surface area contributed by atoms with Gasteiger partial charge in [-0.25, -0.2) is 0 Å². The SMILES string of the molecule is Cc1ccc(-c2cncc(=O)n2C)cc1. The summed E-state index contributed by atoms with van der Waals surface area (Å²) in [7, 11) is 1.75. The van der Waals surface area contributed by atoms with E-state index in [9.17, 15) is 4.79 Å². The van der Waals surface area contributed by atoms with Gasteiger partial charge in [0.2, 0.25) is 0 Å². The van der Waals surface area contributed by atoms with E-state index in [1.54, 1.807) is 17.8 Å². The number of hydrogen-bond donors (Lipinski definition) is 0. The van der Waals surface area contributed by atoms with Crippen LogP contribution in [0.25, 0.3) is 11.3 Å². The van der Waals surface area contributed by atoms with Crippen LogP contribution in [0.4, 0.5) is 0 Å². The Morgan fingerprint density at radius 1 is 1.13 bits per heavy atom. The third-order valence-corrected chi connectivity index (χ3v) is 2.42. The zero-order chi connectivity index (χ0) is 10.8. The van der Waals surface area contributed by atoms with Crippen LogP contribution >= 0.6 is 0 Å². The number of hydrogen-bond acceptors (Lipinski definition) is 2. The lowest BCUT2D eigenvalue weighted by Gasteiger charge is -2.06. The molecule has 1 heterocycles. The lowest BCUT2D eigenvalue weighted by molar-refractivity contribution is 0.851. The van der Waals surface area contributed by atoms with Crippen molar-refractivity contribution in [3.05, 3.63) is 52.6 Å². The van der Waals surface area contributed by atoms with Crippen molar-refractivity contribution in [2.45, 2.75) is 6.92 Å². The smallest absolute Gasteiger partial charge is 0.269 e. The van der Waals surface area contributed by atoms with E-state index in [4.69, 9.17) is 0 Å². The third-order valence-electron chi connectivity index (χ3n) is 2.42. The maximum atomic E-state index is 11.4. The molecule has 0 radical (unpaired) electrons.